The maximum atomic E-state index is 12.9. The summed E-state index contributed by atoms with van der Waals surface area (Å²) >= 11 is 0. The van der Waals surface area contributed by atoms with Gasteiger partial charge in [-0.05, 0) is 19.8 Å². The van der Waals surface area contributed by atoms with Gasteiger partial charge in [-0.2, -0.15) is 9.40 Å². The Morgan fingerprint density at radius 2 is 1.79 bits per heavy atom. The Hall–Kier alpha value is -1.45. The van der Waals surface area contributed by atoms with Crippen molar-refractivity contribution < 1.29 is 18.3 Å². The normalized spacial score (nSPS) is 17.8. The molecule has 2 rings (SSSR count). The van der Waals surface area contributed by atoms with Gasteiger partial charge >= 0.3 is 5.97 Å². The average Bonchev–Trinajstić information content (AvgIpc) is 2.91. The predicted octanol–water partition coefficient (Wildman–Crippen LogP) is 0.952. The fraction of sp³-hybridized carbons (Fsp3) is 0.733. The molecule has 8 nitrogen and oxygen atoms in total. The smallest absolute Gasteiger partial charge is 0.340 e. The Morgan fingerprint density at radius 1 is 1.21 bits per heavy atom. The molecule has 9 heteroatoms. The first-order valence-electron chi connectivity index (χ1n) is 8.18. The highest BCUT2D eigenvalue weighted by Crippen LogP contribution is 2.21. The molecule has 0 saturated carbocycles. The molecule has 0 radical (unpaired) electrons. The SMILES string of the molecule is CC(C)Cn1cc(C(=O)O)c(S(=O)(=O)N2CCN(C(C)C)CC2)n1. The van der Waals surface area contributed by atoms with Crippen molar-refractivity contribution in [1.29, 1.82) is 0 Å². The zero-order chi connectivity index (χ0) is 18.1. The fourth-order valence-electron chi connectivity index (χ4n) is 2.79. The number of nitrogens with zero attached hydrogens (tertiary/aromatic N) is 4. The van der Waals surface area contributed by atoms with E-state index in [1.165, 1.54) is 15.2 Å². The van der Waals surface area contributed by atoms with Crippen LogP contribution in [0.5, 0.6) is 0 Å². The lowest BCUT2D eigenvalue weighted by atomic mass is 10.2. The van der Waals surface area contributed by atoms with Gasteiger partial charge in [-0.1, -0.05) is 13.8 Å². The van der Waals surface area contributed by atoms with Crippen LogP contribution in [0.15, 0.2) is 11.2 Å². The molecule has 0 aromatic carbocycles. The van der Waals surface area contributed by atoms with Crippen LogP contribution in [0.3, 0.4) is 0 Å². The first-order valence-corrected chi connectivity index (χ1v) is 9.62. The zero-order valence-corrected chi connectivity index (χ0v) is 15.5. The lowest BCUT2D eigenvalue weighted by Crippen LogP contribution is -2.50. The molecule has 1 N–H and O–H groups in total. The molecule has 2 heterocycles. The second-order valence-corrected chi connectivity index (χ2v) is 8.66. The van der Waals surface area contributed by atoms with E-state index >= 15 is 0 Å². The number of sulfonamides is 1. The number of carboxylic acid groups (broad SMARTS) is 1. The summed E-state index contributed by atoms with van der Waals surface area (Å²) in [6.45, 7) is 10.5. The maximum Gasteiger partial charge on any atom is 0.340 e. The van der Waals surface area contributed by atoms with E-state index in [1.54, 1.807) is 0 Å². The van der Waals surface area contributed by atoms with Crippen molar-refractivity contribution in [1.82, 2.24) is 19.0 Å². The van der Waals surface area contributed by atoms with Crippen LogP contribution in [0.25, 0.3) is 0 Å². The van der Waals surface area contributed by atoms with Gasteiger partial charge in [0, 0.05) is 45.0 Å². The van der Waals surface area contributed by atoms with E-state index in [4.69, 9.17) is 0 Å². The molecule has 1 saturated heterocycles. The van der Waals surface area contributed by atoms with E-state index in [0.717, 1.165) is 0 Å². The minimum atomic E-state index is -3.91. The average molecular weight is 358 g/mol. The summed E-state index contributed by atoms with van der Waals surface area (Å²) in [6, 6.07) is 0.356. The molecule has 24 heavy (non-hydrogen) atoms. The predicted molar refractivity (Wildman–Crippen MR) is 89.5 cm³/mol. The van der Waals surface area contributed by atoms with Gasteiger partial charge in [0.05, 0.1) is 0 Å². The van der Waals surface area contributed by atoms with E-state index in [9.17, 15) is 18.3 Å². The first kappa shape index (κ1) is 18.9. The highest BCUT2D eigenvalue weighted by molar-refractivity contribution is 7.89. The summed E-state index contributed by atoms with van der Waals surface area (Å²) in [5.41, 5.74) is -0.262. The molecule has 0 amide bonds. The van der Waals surface area contributed by atoms with Gasteiger partial charge < -0.3 is 5.11 Å². The number of hydrogen-bond acceptors (Lipinski definition) is 5. The number of rotatable bonds is 6. The zero-order valence-electron chi connectivity index (χ0n) is 14.6. The molecule has 1 aliphatic rings. The topological polar surface area (TPSA) is 95.7 Å². The second kappa shape index (κ2) is 7.20. The molecule has 1 fully saturated rings. The monoisotopic (exact) mass is 358 g/mol. The molecule has 0 atom stereocenters. The van der Waals surface area contributed by atoms with Crippen LogP contribution in [0.4, 0.5) is 0 Å². The van der Waals surface area contributed by atoms with E-state index in [-0.39, 0.29) is 16.5 Å². The summed E-state index contributed by atoms with van der Waals surface area (Å²) in [4.78, 5) is 13.6. The van der Waals surface area contributed by atoms with Crippen molar-refractivity contribution >= 4 is 16.0 Å². The molecule has 0 bridgehead atoms. The van der Waals surface area contributed by atoms with Crippen LogP contribution in [0.2, 0.25) is 0 Å². The molecule has 1 aliphatic heterocycles. The minimum absolute atomic E-state index is 0.233. The van der Waals surface area contributed by atoms with Crippen LogP contribution in [0, 0.1) is 5.92 Å². The summed E-state index contributed by atoms with van der Waals surface area (Å²) in [5, 5.41) is 13.1. The summed E-state index contributed by atoms with van der Waals surface area (Å²) in [7, 11) is -3.91. The van der Waals surface area contributed by atoms with Crippen LogP contribution < -0.4 is 0 Å². The van der Waals surface area contributed by atoms with Crippen molar-refractivity contribution in [2.45, 2.75) is 45.3 Å². The lowest BCUT2D eigenvalue weighted by molar-refractivity contribution is 0.0692. The lowest BCUT2D eigenvalue weighted by Gasteiger charge is -2.35. The fourth-order valence-corrected chi connectivity index (χ4v) is 4.31. The van der Waals surface area contributed by atoms with E-state index in [0.29, 0.717) is 38.8 Å². The van der Waals surface area contributed by atoms with Gasteiger partial charge in [-0.15, -0.1) is 0 Å². The maximum absolute atomic E-state index is 12.9. The van der Waals surface area contributed by atoms with Crippen LogP contribution in [-0.2, 0) is 16.6 Å². The number of aromatic carboxylic acids is 1. The third kappa shape index (κ3) is 3.96. The van der Waals surface area contributed by atoms with Gasteiger partial charge in [0.1, 0.15) is 5.56 Å². The Balaban J connectivity index is 2.29. The largest absolute Gasteiger partial charge is 0.478 e. The number of carboxylic acids is 1. The van der Waals surface area contributed by atoms with Gasteiger partial charge in [0.25, 0.3) is 10.0 Å². The molecular weight excluding hydrogens is 332 g/mol. The highest BCUT2D eigenvalue weighted by atomic mass is 32.2. The van der Waals surface area contributed by atoms with E-state index in [1.807, 2.05) is 13.8 Å². The van der Waals surface area contributed by atoms with Crippen LogP contribution >= 0.6 is 0 Å². The van der Waals surface area contributed by atoms with Crippen molar-refractivity contribution in [3.05, 3.63) is 11.8 Å². The van der Waals surface area contributed by atoms with Crippen molar-refractivity contribution in [2.75, 3.05) is 26.2 Å². The molecule has 0 unspecified atom stereocenters. The standard InChI is InChI=1S/C15H26N4O4S/c1-11(2)9-18-10-13(15(20)21)14(16-18)24(22,23)19-7-5-17(6-8-19)12(3)4/h10-12H,5-9H2,1-4H3,(H,20,21). The van der Waals surface area contributed by atoms with Gasteiger partial charge in [0.2, 0.25) is 5.03 Å². The number of hydrogen-bond donors (Lipinski definition) is 1. The summed E-state index contributed by atoms with van der Waals surface area (Å²) in [5.74, 6) is -1.04. The van der Waals surface area contributed by atoms with Crippen LogP contribution in [-0.4, -0.2) is 70.7 Å². The number of aromatic nitrogens is 2. The Bertz CT molecular complexity index is 688. The molecule has 0 spiro atoms. The molecular formula is C15H26N4O4S. The Kier molecular flexibility index (Phi) is 5.67. The van der Waals surface area contributed by atoms with Gasteiger partial charge in [0.15, 0.2) is 0 Å². The first-order chi connectivity index (χ1) is 11.1. The highest BCUT2D eigenvalue weighted by Gasteiger charge is 2.35. The van der Waals surface area contributed by atoms with E-state index in [2.05, 4.69) is 23.8 Å². The van der Waals surface area contributed by atoms with Crippen molar-refractivity contribution in [3.63, 3.8) is 0 Å². The summed E-state index contributed by atoms with van der Waals surface area (Å²) < 4.78 is 28.5. The molecule has 136 valence electrons. The molecule has 1 aromatic heterocycles. The van der Waals surface area contributed by atoms with Crippen molar-refractivity contribution in [2.24, 2.45) is 5.92 Å². The quantitative estimate of drug-likeness (QED) is 0.813. The Morgan fingerprint density at radius 3 is 2.25 bits per heavy atom. The second-order valence-electron chi connectivity index (χ2n) is 6.80. The number of carbonyl (C=O) groups is 1. The molecule has 1 aromatic rings. The molecule has 0 aliphatic carbocycles. The third-order valence-electron chi connectivity index (χ3n) is 4.10. The number of piperazine rings is 1. The van der Waals surface area contributed by atoms with Gasteiger partial charge in [-0.3, -0.25) is 9.58 Å². The third-order valence-corrected chi connectivity index (χ3v) is 5.93. The summed E-state index contributed by atoms with van der Waals surface area (Å²) in [6.07, 6.45) is 1.31. The van der Waals surface area contributed by atoms with Crippen LogP contribution in [0.1, 0.15) is 38.1 Å². The Labute approximate surface area is 143 Å². The van der Waals surface area contributed by atoms with Gasteiger partial charge in [-0.25, -0.2) is 13.2 Å². The van der Waals surface area contributed by atoms with E-state index < -0.39 is 16.0 Å². The van der Waals surface area contributed by atoms with Crippen molar-refractivity contribution in [3.8, 4) is 0 Å². The minimum Gasteiger partial charge on any atom is -0.478 e.